The van der Waals surface area contributed by atoms with E-state index in [9.17, 15) is 4.79 Å². The van der Waals surface area contributed by atoms with Gasteiger partial charge in [-0.15, -0.1) is 0 Å². The van der Waals surface area contributed by atoms with Crippen LogP contribution in [0.25, 0.3) is 5.65 Å². The molecule has 1 aliphatic carbocycles. The van der Waals surface area contributed by atoms with E-state index in [4.69, 9.17) is 21.3 Å². The van der Waals surface area contributed by atoms with Crippen LogP contribution in [-0.4, -0.2) is 44.8 Å². The summed E-state index contributed by atoms with van der Waals surface area (Å²) in [5, 5.41) is 12.0. The molecule has 0 radical (unpaired) electrons. The van der Waals surface area contributed by atoms with Gasteiger partial charge in [-0.05, 0) is 52.9 Å². The summed E-state index contributed by atoms with van der Waals surface area (Å²) >= 11 is 6.34. The molecule has 2 heterocycles. The van der Waals surface area contributed by atoms with Crippen LogP contribution in [0.15, 0.2) is 12.3 Å². The van der Waals surface area contributed by atoms with Crippen molar-refractivity contribution in [3.05, 3.63) is 23.0 Å². The molecule has 1 aliphatic rings. The number of hydrogen-bond acceptors (Lipinski definition) is 6. The van der Waals surface area contributed by atoms with E-state index in [2.05, 4.69) is 35.6 Å². The van der Waals surface area contributed by atoms with Crippen molar-refractivity contribution in [2.75, 3.05) is 11.9 Å². The Kier molecular flexibility index (Phi) is 7.24. The number of halogens is 1. The molecule has 1 fully saturated rings. The Balaban J connectivity index is 1.66. The van der Waals surface area contributed by atoms with Gasteiger partial charge in [0.2, 0.25) is 0 Å². The van der Waals surface area contributed by atoms with Crippen molar-refractivity contribution in [3.63, 3.8) is 0 Å². The standard InChI is InChI=1S/C22H34ClN5O2/c1-6-14(7-2)18-11-19(28-21(27-18)17(23)12-25-28)26-16-9-8-15(10-16)24-13-20(29)30-22(3,4)5/h11-12,14-16,24,26H,6-10,13H2,1-5H3/t15-,16-/m0/s1. The minimum absolute atomic E-state index is 0.212. The van der Waals surface area contributed by atoms with Crippen LogP contribution in [0.2, 0.25) is 5.02 Å². The van der Waals surface area contributed by atoms with Gasteiger partial charge in [-0.25, -0.2) is 4.98 Å². The Morgan fingerprint density at radius 2 is 2.00 bits per heavy atom. The van der Waals surface area contributed by atoms with Gasteiger partial charge in [0.25, 0.3) is 0 Å². The molecule has 2 atom stereocenters. The highest BCUT2D eigenvalue weighted by Gasteiger charge is 2.27. The van der Waals surface area contributed by atoms with Crippen LogP contribution in [0.5, 0.6) is 0 Å². The lowest BCUT2D eigenvalue weighted by Gasteiger charge is -2.21. The summed E-state index contributed by atoms with van der Waals surface area (Å²) in [5.41, 5.74) is 1.29. The van der Waals surface area contributed by atoms with E-state index < -0.39 is 5.60 Å². The van der Waals surface area contributed by atoms with Gasteiger partial charge in [0.05, 0.1) is 12.7 Å². The fourth-order valence-electron chi connectivity index (χ4n) is 4.09. The van der Waals surface area contributed by atoms with E-state index in [1.54, 1.807) is 10.7 Å². The second kappa shape index (κ2) is 9.52. The highest BCUT2D eigenvalue weighted by molar-refractivity contribution is 6.33. The maximum Gasteiger partial charge on any atom is 0.320 e. The monoisotopic (exact) mass is 435 g/mol. The number of aromatic nitrogens is 3. The summed E-state index contributed by atoms with van der Waals surface area (Å²) in [5.74, 6) is 1.11. The van der Waals surface area contributed by atoms with E-state index in [1.807, 2.05) is 20.8 Å². The minimum Gasteiger partial charge on any atom is -0.459 e. The molecule has 0 bridgehead atoms. The first-order valence-electron chi connectivity index (χ1n) is 11.0. The van der Waals surface area contributed by atoms with Crippen molar-refractivity contribution in [2.24, 2.45) is 0 Å². The number of carbonyl (C=O) groups excluding carboxylic acids is 1. The number of nitrogens with one attached hydrogen (secondary N) is 2. The molecule has 1 saturated carbocycles. The Morgan fingerprint density at radius 3 is 2.67 bits per heavy atom. The van der Waals surface area contributed by atoms with E-state index >= 15 is 0 Å². The van der Waals surface area contributed by atoms with Crippen LogP contribution < -0.4 is 10.6 Å². The Morgan fingerprint density at radius 1 is 1.30 bits per heavy atom. The van der Waals surface area contributed by atoms with Crippen molar-refractivity contribution in [1.82, 2.24) is 19.9 Å². The number of carbonyl (C=O) groups is 1. The fraction of sp³-hybridized carbons (Fsp3) is 0.682. The topological polar surface area (TPSA) is 80.5 Å². The lowest BCUT2D eigenvalue weighted by molar-refractivity contribution is -0.153. The first-order valence-corrected chi connectivity index (χ1v) is 11.3. The molecule has 2 aromatic rings. The molecule has 0 saturated heterocycles. The van der Waals surface area contributed by atoms with E-state index in [1.165, 1.54) is 0 Å². The van der Waals surface area contributed by atoms with Crippen molar-refractivity contribution >= 4 is 29.0 Å². The first-order chi connectivity index (χ1) is 14.2. The number of anilines is 1. The number of esters is 1. The highest BCUT2D eigenvalue weighted by Crippen LogP contribution is 2.29. The van der Waals surface area contributed by atoms with Crippen molar-refractivity contribution in [3.8, 4) is 0 Å². The summed E-state index contributed by atoms with van der Waals surface area (Å²) in [4.78, 5) is 16.7. The molecule has 0 unspecified atom stereocenters. The SMILES string of the molecule is CCC(CC)c1cc(N[C@H]2CC[C@H](NCC(=O)OC(C)(C)C)C2)n2ncc(Cl)c2n1. The van der Waals surface area contributed by atoms with E-state index in [-0.39, 0.29) is 18.6 Å². The van der Waals surface area contributed by atoms with Crippen LogP contribution in [0.4, 0.5) is 5.82 Å². The molecule has 166 valence electrons. The zero-order valence-electron chi connectivity index (χ0n) is 18.7. The number of fused-ring (bicyclic) bond motifs is 1. The van der Waals surface area contributed by atoms with Crippen LogP contribution in [0, 0.1) is 0 Å². The maximum absolute atomic E-state index is 12.0. The van der Waals surface area contributed by atoms with Crippen LogP contribution in [-0.2, 0) is 9.53 Å². The van der Waals surface area contributed by atoms with Gasteiger partial charge in [0.1, 0.15) is 16.4 Å². The molecule has 0 spiro atoms. The number of ether oxygens (including phenoxy) is 1. The smallest absolute Gasteiger partial charge is 0.320 e. The zero-order chi connectivity index (χ0) is 21.9. The average Bonchev–Trinajstić information content (AvgIpc) is 3.27. The van der Waals surface area contributed by atoms with Gasteiger partial charge in [-0.3, -0.25) is 4.79 Å². The fourth-order valence-corrected chi connectivity index (χ4v) is 4.25. The van der Waals surface area contributed by atoms with Gasteiger partial charge in [0, 0.05) is 29.8 Å². The zero-order valence-corrected chi connectivity index (χ0v) is 19.4. The van der Waals surface area contributed by atoms with Crippen LogP contribution >= 0.6 is 11.6 Å². The van der Waals surface area contributed by atoms with Gasteiger partial charge in [0.15, 0.2) is 5.65 Å². The molecule has 2 aromatic heterocycles. The maximum atomic E-state index is 12.0. The van der Waals surface area contributed by atoms with Gasteiger partial charge in [-0.2, -0.15) is 9.61 Å². The molecule has 0 aromatic carbocycles. The molecule has 3 rings (SSSR count). The third-order valence-corrected chi connectivity index (χ3v) is 5.86. The van der Waals surface area contributed by atoms with Crippen LogP contribution in [0.3, 0.4) is 0 Å². The van der Waals surface area contributed by atoms with Crippen molar-refractivity contribution < 1.29 is 9.53 Å². The minimum atomic E-state index is -0.456. The third kappa shape index (κ3) is 5.64. The third-order valence-electron chi connectivity index (χ3n) is 5.59. The average molecular weight is 436 g/mol. The van der Waals surface area contributed by atoms with Gasteiger partial charge < -0.3 is 15.4 Å². The predicted molar refractivity (Wildman–Crippen MR) is 120 cm³/mol. The summed E-state index contributed by atoms with van der Waals surface area (Å²) in [6.07, 6.45) is 6.67. The number of hydrogen-bond donors (Lipinski definition) is 2. The number of rotatable bonds is 8. The molecular formula is C22H34ClN5O2. The van der Waals surface area contributed by atoms with E-state index in [0.29, 0.717) is 22.6 Å². The van der Waals surface area contributed by atoms with Crippen molar-refractivity contribution in [2.45, 2.75) is 90.3 Å². The lowest BCUT2D eigenvalue weighted by Crippen LogP contribution is -2.36. The number of nitrogens with zero attached hydrogens (tertiary/aromatic N) is 3. The molecular weight excluding hydrogens is 402 g/mol. The lowest BCUT2D eigenvalue weighted by atomic mass is 9.99. The highest BCUT2D eigenvalue weighted by atomic mass is 35.5. The molecule has 2 N–H and O–H groups in total. The Labute approximate surface area is 183 Å². The summed E-state index contributed by atoms with van der Waals surface area (Å²) < 4.78 is 7.17. The van der Waals surface area contributed by atoms with Crippen molar-refractivity contribution in [1.29, 1.82) is 0 Å². The second-order valence-corrected chi connectivity index (χ2v) is 9.53. The molecule has 8 heteroatoms. The summed E-state index contributed by atoms with van der Waals surface area (Å²) in [7, 11) is 0. The summed E-state index contributed by atoms with van der Waals surface area (Å²) in [6.45, 7) is 10.3. The Bertz CT molecular complexity index is 872. The molecule has 0 amide bonds. The largest absolute Gasteiger partial charge is 0.459 e. The van der Waals surface area contributed by atoms with Gasteiger partial charge >= 0.3 is 5.97 Å². The first kappa shape index (κ1) is 22.8. The second-order valence-electron chi connectivity index (χ2n) is 9.13. The summed E-state index contributed by atoms with van der Waals surface area (Å²) in [6, 6.07) is 2.69. The van der Waals surface area contributed by atoms with E-state index in [0.717, 1.165) is 43.6 Å². The quantitative estimate of drug-likeness (QED) is 0.592. The normalized spacial score (nSPS) is 19.6. The molecule has 0 aliphatic heterocycles. The molecule has 30 heavy (non-hydrogen) atoms. The van der Waals surface area contributed by atoms with Gasteiger partial charge in [-0.1, -0.05) is 25.4 Å². The van der Waals surface area contributed by atoms with Crippen LogP contribution in [0.1, 0.15) is 78.3 Å². The molecule has 7 nitrogen and oxygen atoms in total. The Hall–Kier alpha value is -1.86. The predicted octanol–water partition coefficient (Wildman–Crippen LogP) is 4.55.